The lowest BCUT2D eigenvalue weighted by Gasteiger charge is -2.42. The van der Waals surface area contributed by atoms with Gasteiger partial charge in [0.05, 0.1) is 19.2 Å². The molecular formula is C68H120N8O14. The summed E-state index contributed by atoms with van der Waals surface area (Å²) >= 11 is 0. The fourth-order valence-electron chi connectivity index (χ4n) is 11.6. The predicted octanol–water partition coefficient (Wildman–Crippen LogP) is 7.03. The van der Waals surface area contributed by atoms with Gasteiger partial charge in [-0.05, 0) is 101 Å². The number of carbonyl (C=O) groups is 12. The Hall–Kier alpha value is -6.06. The van der Waals surface area contributed by atoms with E-state index in [0.29, 0.717) is 19.3 Å². The van der Waals surface area contributed by atoms with Gasteiger partial charge >= 0.3 is 11.9 Å². The van der Waals surface area contributed by atoms with Gasteiger partial charge in [-0.2, -0.15) is 0 Å². The van der Waals surface area contributed by atoms with Gasteiger partial charge in [0.2, 0.25) is 41.4 Å². The Kier molecular flexibility index (Phi) is 37.3. The van der Waals surface area contributed by atoms with Gasteiger partial charge in [-0.25, -0.2) is 0 Å². The molecule has 0 aromatic rings. The minimum atomic E-state index is -1.44. The number of amides is 7. The van der Waals surface area contributed by atoms with Crippen molar-refractivity contribution in [3.63, 3.8) is 0 Å². The SMILES string of the molecule is C/C=C/C[C@@H](C)[C@@H](OC(C)=O)[C@@H](C(=O)C[C@@H](CC)C(=O)N(C)CC(=O)OC)N(C)C(=O)[C@H](C(C)C)N(C)C(=O)[C@H](CC(C)C)N(C)C(=O)[C@H](CC(C)C)N(C)C(=O)[C@@H](C)NC(=O)[C@H](C)CC(=O)[C@H](CC(C)C)N(C)C(=O)[C@@H](CC(=O)[C@H](CC(C)C)NC)C(C)C. The summed E-state index contributed by atoms with van der Waals surface area (Å²) in [5, 5.41) is 5.84. The lowest BCUT2D eigenvalue weighted by molar-refractivity contribution is -0.163. The fraction of sp³-hybridized carbons (Fsp3) is 0.794. The van der Waals surface area contributed by atoms with Gasteiger partial charge in [0.15, 0.2) is 17.3 Å². The van der Waals surface area contributed by atoms with Crippen LogP contribution in [-0.2, 0) is 67.0 Å². The maximum Gasteiger partial charge on any atom is 0.325 e. The number of allylic oxidation sites excluding steroid dienone is 2. The van der Waals surface area contributed by atoms with Gasteiger partial charge in [-0.1, -0.05) is 116 Å². The zero-order valence-electron chi connectivity index (χ0n) is 60.0. The standard InChI is InChI=1S/C68H120N8O14/c1-27-29-30-45(15)61(90-48(18)77)60(57(80)36-49(28-2)64(84)71(20)38-58(81)89-26)76(25)68(88)59(44(13)14)75(24)67(87)54(34-42(9)10)74(23)66(86)53(33-41(7)8)73(22)63(83)47(17)70-62(82)46(16)35-56(79)52(32-40(5)6)72(21)65(85)50(43(11)12)37-55(78)51(69-19)31-39(3)4/h27,29,39-47,49-54,59-61,69H,28,30-38H2,1-26H3,(H,70,82)/b29-27+/t45-,46-,47-,49-,50+,51+,52+,53+,54+,59+,60-,61-/m1/s1. The summed E-state index contributed by atoms with van der Waals surface area (Å²) < 4.78 is 10.7. The first-order valence-electron chi connectivity index (χ1n) is 32.6. The van der Waals surface area contributed by atoms with Crippen molar-refractivity contribution in [2.24, 2.45) is 59.2 Å². The first-order chi connectivity index (χ1) is 41.6. The van der Waals surface area contributed by atoms with Crippen molar-refractivity contribution in [1.82, 2.24) is 40.0 Å². The number of carbonyl (C=O) groups excluding carboxylic acids is 12. The van der Waals surface area contributed by atoms with Crippen molar-refractivity contribution in [2.75, 3.05) is 63.0 Å². The molecule has 0 unspecified atom stereocenters. The number of hydrogen-bond donors (Lipinski definition) is 2. The van der Waals surface area contributed by atoms with Crippen LogP contribution in [0.5, 0.6) is 0 Å². The molecule has 0 radical (unpaired) electrons. The minimum absolute atomic E-state index is 0.00608. The van der Waals surface area contributed by atoms with Crippen LogP contribution in [0.3, 0.4) is 0 Å². The number of nitrogens with zero attached hydrogens (tertiary/aromatic N) is 6. The molecule has 2 N–H and O–H groups in total. The van der Waals surface area contributed by atoms with Gasteiger partial charge in [0, 0.05) is 86.2 Å². The van der Waals surface area contributed by atoms with E-state index in [1.54, 1.807) is 54.8 Å². The van der Waals surface area contributed by atoms with E-state index in [1.807, 2.05) is 82.2 Å². The molecule has 0 saturated heterocycles. The highest BCUT2D eigenvalue weighted by Crippen LogP contribution is 2.29. The third-order valence-corrected chi connectivity index (χ3v) is 17.1. The quantitative estimate of drug-likeness (QED) is 0.0460. The smallest absolute Gasteiger partial charge is 0.325 e. The van der Waals surface area contributed by atoms with Crippen LogP contribution < -0.4 is 10.6 Å². The van der Waals surface area contributed by atoms with Crippen molar-refractivity contribution in [2.45, 2.75) is 231 Å². The van der Waals surface area contributed by atoms with Gasteiger partial charge in [-0.15, -0.1) is 0 Å². The Bertz CT molecular complexity index is 2420. The van der Waals surface area contributed by atoms with Crippen LogP contribution in [0.15, 0.2) is 12.2 Å². The number of methoxy groups -OCH3 is 1. The molecule has 0 aliphatic heterocycles. The van der Waals surface area contributed by atoms with E-state index < -0.39 is 131 Å². The fourth-order valence-corrected chi connectivity index (χ4v) is 11.6. The van der Waals surface area contributed by atoms with Crippen molar-refractivity contribution < 1.29 is 67.0 Å². The Morgan fingerprint density at radius 1 is 0.511 bits per heavy atom. The zero-order valence-corrected chi connectivity index (χ0v) is 60.0. The maximum atomic E-state index is 15.3. The third-order valence-electron chi connectivity index (χ3n) is 17.1. The summed E-state index contributed by atoms with van der Waals surface area (Å²) in [4.78, 5) is 177. The summed E-state index contributed by atoms with van der Waals surface area (Å²) in [5.74, 6) is -10.2. The molecule has 0 aliphatic carbocycles. The average Bonchev–Trinajstić information content (AvgIpc) is 0.992. The first kappa shape index (κ1) is 83.9. The highest BCUT2D eigenvalue weighted by Gasteiger charge is 2.46. The number of likely N-dealkylation sites (N-methyl/N-ethyl adjacent to an activating group) is 7. The lowest BCUT2D eigenvalue weighted by Crippen LogP contribution is -2.62. The number of nitrogens with one attached hydrogen (secondary N) is 2. The Balaban J connectivity index is 7.17. The van der Waals surface area contributed by atoms with Gasteiger partial charge < -0.3 is 49.5 Å². The largest absolute Gasteiger partial charge is 0.468 e. The maximum absolute atomic E-state index is 15.3. The van der Waals surface area contributed by atoms with Crippen molar-refractivity contribution in [1.29, 1.82) is 0 Å². The van der Waals surface area contributed by atoms with Crippen LogP contribution in [0.1, 0.15) is 182 Å². The highest BCUT2D eigenvalue weighted by atomic mass is 16.5. The number of ether oxygens (including phenoxy) is 2. The number of rotatable bonds is 41. The van der Waals surface area contributed by atoms with Crippen LogP contribution in [-0.4, -0.2) is 211 Å². The third kappa shape index (κ3) is 25.9. The molecule has 7 amide bonds. The van der Waals surface area contributed by atoms with Crippen molar-refractivity contribution in [3.05, 3.63) is 12.2 Å². The second kappa shape index (κ2) is 40.0. The summed E-state index contributed by atoms with van der Waals surface area (Å²) in [6.45, 7) is 31.8. The van der Waals surface area contributed by atoms with E-state index in [9.17, 15) is 43.2 Å². The number of Topliss-reactive ketones (excluding diaryl/α,β-unsaturated/α-hetero) is 3. The van der Waals surface area contributed by atoms with E-state index in [2.05, 4.69) is 10.6 Å². The van der Waals surface area contributed by atoms with Crippen LogP contribution >= 0.6 is 0 Å². The second-order valence-electron chi connectivity index (χ2n) is 27.5. The average molecular weight is 1270 g/mol. The molecule has 0 saturated carbocycles. The van der Waals surface area contributed by atoms with E-state index in [1.165, 1.54) is 80.7 Å². The normalized spacial score (nSPS) is 15.8. The first-order valence-corrected chi connectivity index (χ1v) is 32.6. The number of ketones is 3. The highest BCUT2D eigenvalue weighted by molar-refractivity contribution is 5.99. The molecule has 516 valence electrons. The van der Waals surface area contributed by atoms with E-state index in [4.69, 9.17) is 9.47 Å². The Morgan fingerprint density at radius 2 is 0.978 bits per heavy atom. The number of hydrogen-bond acceptors (Lipinski definition) is 15. The van der Waals surface area contributed by atoms with Gasteiger partial charge in [-0.3, -0.25) is 57.5 Å². The Morgan fingerprint density at radius 3 is 1.41 bits per heavy atom. The molecule has 0 fully saturated rings. The molecule has 22 heteroatoms. The summed E-state index contributed by atoms with van der Waals surface area (Å²) in [5.41, 5.74) is 0. The molecule has 22 nitrogen and oxygen atoms in total. The van der Waals surface area contributed by atoms with E-state index >= 15 is 14.4 Å². The molecule has 0 rings (SSSR count). The molecule has 0 aromatic carbocycles. The molecule has 0 bridgehead atoms. The molecule has 0 aliphatic rings. The lowest BCUT2D eigenvalue weighted by atomic mass is 9.85. The summed E-state index contributed by atoms with van der Waals surface area (Å²) in [7, 11) is 11.7. The van der Waals surface area contributed by atoms with Gasteiger partial charge in [0.25, 0.3) is 0 Å². The van der Waals surface area contributed by atoms with Crippen LogP contribution in [0.25, 0.3) is 0 Å². The molecule has 0 heterocycles. The van der Waals surface area contributed by atoms with E-state index in [-0.39, 0.29) is 92.1 Å². The topological polar surface area (TPSA) is 267 Å². The Labute approximate surface area is 540 Å². The molecule has 90 heavy (non-hydrogen) atoms. The molecule has 0 aromatic heterocycles. The van der Waals surface area contributed by atoms with Crippen LogP contribution in [0, 0.1) is 59.2 Å². The van der Waals surface area contributed by atoms with E-state index in [0.717, 1.165) is 4.90 Å². The minimum Gasteiger partial charge on any atom is -0.468 e. The number of esters is 2. The monoisotopic (exact) mass is 1270 g/mol. The second-order valence-corrected chi connectivity index (χ2v) is 27.5. The summed E-state index contributed by atoms with van der Waals surface area (Å²) in [6.07, 6.45) is 3.59. The van der Waals surface area contributed by atoms with Gasteiger partial charge in [0.1, 0.15) is 42.9 Å². The molecule has 0 spiro atoms. The summed E-state index contributed by atoms with van der Waals surface area (Å²) in [6, 6.07) is -7.47. The van der Waals surface area contributed by atoms with Crippen LogP contribution in [0.4, 0.5) is 0 Å². The van der Waals surface area contributed by atoms with Crippen LogP contribution in [0.2, 0.25) is 0 Å². The predicted molar refractivity (Wildman–Crippen MR) is 350 cm³/mol. The zero-order chi connectivity index (χ0) is 70.1. The molecular weight excluding hydrogens is 1150 g/mol. The van der Waals surface area contributed by atoms with Crippen molar-refractivity contribution >= 4 is 70.6 Å². The molecule has 12 atom stereocenters. The van der Waals surface area contributed by atoms with Crippen molar-refractivity contribution in [3.8, 4) is 0 Å².